The van der Waals surface area contributed by atoms with Crippen molar-refractivity contribution in [3.8, 4) is 0 Å². The fourth-order valence-electron chi connectivity index (χ4n) is 1.05. The number of hydrogen-bond donors (Lipinski definition) is 0. The number of Topliss-reactive ketones (excluding diaryl/α,β-unsaturated/α-hetero) is 1. The summed E-state index contributed by atoms with van der Waals surface area (Å²) in [6.07, 6.45) is 1.79. The predicted molar refractivity (Wildman–Crippen MR) is 62.3 cm³/mol. The van der Waals surface area contributed by atoms with E-state index in [-0.39, 0.29) is 12.2 Å². The summed E-state index contributed by atoms with van der Waals surface area (Å²) in [7, 11) is 0. The summed E-state index contributed by atoms with van der Waals surface area (Å²) in [6, 6.07) is 1.58. The maximum atomic E-state index is 11.7. The number of thiophene rings is 1. The Kier molecular flexibility index (Phi) is 3.35. The van der Waals surface area contributed by atoms with Gasteiger partial charge in [0.1, 0.15) is 4.34 Å². The van der Waals surface area contributed by atoms with Crippen molar-refractivity contribution in [2.24, 2.45) is 0 Å². The molecule has 2 aromatic rings. The summed E-state index contributed by atoms with van der Waals surface area (Å²) >= 11 is 13.9. The Bertz CT molecular complexity index is 481. The van der Waals surface area contributed by atoms with Crippen LogP contribution >= 0.6 is 46.3 Å². The molecule has 2 aromatic heterocycles. The molecule has 0 N–H and O–H groups in total. The molecule has 0 radical (unpaired) electrons. The summed E-state index contributed by atoms with van der Waals surface area (Å²) < 4.78 is 8.71. The third kappa shape index (κ3) is 2.55. The smallest absolute Gasteiger partial charge is 0.171 e. The lowest BCUT2D eigenvalue weighted by atomic mass is 10.1. The number of rotatable bonds is 3. The van der Waals surface area contributed by atoms with E-state index in [9.17, 15) is 4.79 Å². The summed E-state index contributed by atoms with van der Waals surface area (Å²) in [5.41, 5.74) is 1.11. The molecule has 0 aromatic carbocycles. The fraction of sp³-hybridized carbons (Fsp3) is 0.125. The Hall–Kier alpha value is -0.490. The van der Waals surface area contributed by atoms with E-state index in [1.807, 2.05) is 0 Å². The highest BCUT2D eigenvalue weighted by atomic mass is 35.5. The molecule has 3 nitrogen and oxygen atoms in total. The average Bonchev–Trinajstić information content (AvgIpc) is 2.75. The minimum Gasteiger partial charge on any atom is -0.294 e. The molecule has 0 bridgehead atoms. The van der Waals surface area contributed by atoms with Crippen LogP contribution in [0.1, 0.15) is 16.1 Å². The first-order chi connectivity index (χ1) is 7.16. The highest BCUT2D eigenvalue weighted by Gasteiger charge is 2.15. The van der Waals surface area contributed by atoms with Crippen molar-refractivity contribution in [3.05, 3.63) is 32.2 Å². The van der Waals surface area contributed by atoms with Crippen molar-refractivity contribution < 1.29 is 4.79 Å². The van der Waals surface area contributed by atoms with Gasteiger partial charge in [0, 0.05) is 5.56 Å². The van der Waals surface area contributed by atoms with Crippen LogP contribution in [0.25, 0.3) is 0 Å². The lowest BCUT2D eigenvalue weighted by Gasteiger charge is -1.94. The number of hydrogen-bond acceptors (Lipinski definition) is 5. The van der Waals surface area contributed by atoms with E-state index < -0.39 is 0 Å². The maximum absolute atomic E-state index is 11.7. The van der Waals surface area contributed by atoms with Gasteiger partial charge in [-0.3, -0.25) is 4.79 Å². The summed E-state index contributed by atoms with van der Waals surface area (Å²) in [5.74, 6) is -0.0872. The van der Waals surface area contributed by atoms with Crippen LogP contribution in [-0.2, 0) is 6.42 Å². The van der Waals surface area contributed by atoms with Gasteiger partial charge in [-0.05, 0) is 6.07 Å². The second kappa shape index (κ2) is 4.57. The van der Waals surface area contributed by atoms with Gasteiger partial charge in [-0.15, -0.1) is 11.3 Å². The molecule has 78 valence electrons. The molecule has 0 aliphatic heterocycles. The van der Waals surface area contributed by atoms with Crippen molar-refractivity contribution in [3.63, 3.8) is 0 Å². The SMILES string of the molecule is O=C(Cc1cnsn1)c1cc(Cl)sc1Cl. The van der Waals surface area contributed by atoms with E-state index in [2.05, 4.69) is 8.75 Å². The molecule has 0 aliphatic carbocycles. The van der Waals surface area contributed by atoms with Gasteiger partial charge in [0.25, 0.3) is 0 Å². The van der Waals surface area contributed by atoms with Crippen molar-refractivity contribution in [1.82, 2.24) is 8.75 Å². The zero-order valence-corrected chi connectivity index (χ0v) is 10.4. The number of ketones is 1. The van der Waals surface area contributed by atoms with Gasteiger partial charge in [0.15, 0.2) is 5.78 Å². The molecule has 7 heteroatoms. The number of halogens is 2. The van der Waals surface area contributed by atoms with Crippen molar-refractivity contribution in [1.29, 1.82) is 0 Å². The Morgan fingerprint density at radius 1 is 1.47 bits per heavy atom. The minimum atomic E-state index is -0.0872. The first kappa shape index (κ1) is 11.0. The molecule has 0 spiro atoms. The zero-order valence-electron chi connectivity index (χ0n) is 7.24. The standard InChI is InChI=1S/C8H4Cl2N2OS2/c9-7-2-5(8(10)14-7)6(13)1-4-3-11-15-12-4/h2-3H,1H2. The van der Waals surface area contributed by atoms with E-state index in [0.29, 0.717) is 19.9 Å². The number of aromatic nitrogens is 2. The van der Waals surface area contributed by atoms with Crippen LogP contribution in [0.3, 0.4) is 0 Å². The Morgan fingerprint density at radius 3 is 2.80 bits per heavy atom. The van der Waals surface area contributed by atoms with Gasteiger partial charge < -0.3 is 0 Å². The largest absolute Gasteiger partial charge is 0.294 e. The maximum Gasteiger partial charge on any atom is 0.171 e. The van der Waals surface area contributed by atoms with Crippen LogP contribution in [-0.4, -0.2) is 14.5 Å². The molecular weight excluding hydrogens is 275 g/mol. The van der Waals surface area contributed by atoms with E-state index >= 15 is 0 Å². The van der Waals surface area contributed by atoms with E-state index in [1.54, 1.807) is 12.3 Å². The highest BCUT2D eigenvalue weighted by Crippen LogP contribution is 2.31. The fourth-order valence-corrected chi connectivity index (χ4v) is 2.98. The third-order valence-electron chi connectivity index (χ3n) is 1.71. The topological polar surface area (TPSA) is 42.9 Å². The summed E-state index contributed by atoms with van der Waals surface area (Å²) in [6.45, 7) is 0. The van der Waals surface area contributed by atoms with Gasteiger partial charge in [-0.25, -0.2) is 0 Å². The molecule has 0 saturated heterocycles. The van der Waals surface area contributed by atoms with Gasteiger partial charge in [-0.2, -0.15) is 8.75 Å². The monoisotopic (exact) mass is 278 g/mol. The molecule has 2 heterocycles. The van der Waals surface area contributed by atoms with Crippen molar-refractivity contribution in [2.75, 3.05) is 0 Å². The Labute approximate surface area is 104 Å². The van der Waals surface area contributed by atoms with Crippen molar-refractivity contribution >= 4 is 52.1 Å². The highest BCUT2D eigenvalue weighted by molar-refractivity contribution is 7.20. The predicted octanol–water partition coefficient (Wildman–Crippen LogP) is 3.33. The van der Waals surface area contributed by atoms with Crippen LogP contribution < -0.4 is 0 Å². The van der Waals surface area contributed by atoms with Crippen LogP contribution in [0.4, 0.5) is 0 Å². The number of nitrogens with zero attached hydrogens (tertiary/aromatic N) is 2. The molecule has 2 rings (SSSR count). The Morgan fingerprint density at radius 2 is 2.27 bits per heavy atom. The molecular formula is C8H4Cl2N2OS2. The van der Waals surface area contributed by atoms with E-state index in [1.165, 1.54) is 11.3 Å². The molecule has 0 atom stereocenters. The first-order valence-corrected chi connectivity index (χ1v) is 6.21. The normalized spacial score (nSPS) is 10.5. The van der Waals surface area contributed by atoms with Crippen LogP contribution in [0, 0.1) is 0 Å². The third-order valence-corrected chi connectivity index (χ3v) is 3.71. The Balaban J connectivity index is 2.18. The minimum absolute atomic E-state index is 0.0872. The van der Waals surface area contributed by atoms with Gasteiger partial charge in [0.05, 0.1) is 34.4 Å². The molecule has 0 saturated carbocycles. The average molecular weight is 279 g/mol. The quantitative estimate of drug-likeness (QED) is 0.809. The number of carbonyl (C=O) groups is 1. The van der Waals surface area contributed by atoms with Crippen molar-refractivity contribution in [2.45, 2.75) is 6.42 Å². The van der Waals surface area contributed by atoms with E-state index in [0.717, 1.165) is 11.7 Å². The molecule has 15 heavy (non-hydrogen) atoms. The molecule has 0 fully saturated rings. The van der Waals surface area contributed by atoms with Gasteiger partial charge in [-0.1, -0.05) is 23.2 Å². The van der Waals surface area contributed by atoms with Crippen LogP contribution in [0.15, 0.2) is 12.3 Å². The zero-order chi connectivity index (χ0) is 10.8. The van der Waals surface area contributed by atoms with E-state index in [4.69, 9.17) is 23.2 Å². The van der Waals surface area contributed by atoms with Gasteiger partial charge in [0.2, 0.25) is 0 Å². The van der Waals surface area contributed by atoms with Crippen LogP contribution in [0.2, 0.25) is 8.67 Å². The summed E-state index contributed by atoms with van der Waals surface area (Å²) in [5, 5.41) is 0. The molecule has 0 unspecified atom stereocenters. The lowest BCUT2D eigenvalue weighted by molar-refractivity contribution is 0.0992. The van der Waals surface area contributed by atoms with Gasteiger partial charge >= 0.3 is 0 Å². The van der Waals surface area contributed by atoms with Crippen LogP contribution in [0.5, 0.6) is 0 Å². The lowest BCUT2D eigenvalue weighted by Crippen LogP contribution is -2.02. The second-order valence-corrected chi connectivity index (χ2v) is 5.58. The second-order valence-electron chi connectivity index (χ2n) is 2.74. The summed E-state index contributed by atoms with van der Waals surface area (Å²) in [4.78, 5) is 11.7. The number of carbonyl (C=O) groups excluding carboxylic acids is 1. The first-order valence-electron chi connectivity index (χ1n) is 3.91. The molecule has 0 aliphatic rings. The molecule has 0 amide bonds.